The van der Waals surface area contributed by atoms with E-state index in [0.717, 1.165) is 32.0 Å². The van der Waals surface area contributed by atoms with Crippen LogP contribution in [0.15, 0.2) is 16.6 Å². The molecule has 104 valence electrons. The zero-order valence-corrected chi connectivity index (χ0v) is 12.6. The fourth-order valence-corrected chi connectivity index (χ4v) is 2.79. The molecule has 2 nitrogen and oxygen atoms in total. The summed E-state index contributed by atoms with van der Waals surface area (Å²) in [5, 5.41) is 0. The number of likely N-dealkylation sites (tertiary alicyclic amines) is 1. The minimum absolute atomic E-state index is 0.106. The lowest BCUT2D eigenvalue weighted by Crippen LogP contribution is -2.49. The van der Waals surface area contributed by atoms with Gasteiger partial charge in [-0.1, -0.05) is 0 Å². The van der Waals surface area contributed by atoms with Crippen LogP contribution in [0.1, 0.15) is 37.0 Å². The van der Waals surface area contributed by atoms with Gasteiger partial charge in [0.25, 0.3) is 0 Å². The highest BCUT2D eigenvalue weighted by Crippen LogP contribution is 2.29. The highest BCUT2D eigenvalue weighted by Gasteiger charge is 2.39. The number of rotatable bonds is 3. The maximum Gasteiger partial charge on any atom is 0.188 e. The summed E-state index contributed by atoms with van der Waals surface area (Å²) in [7, 11) is 0. The molecular formula is C14H16BrF2NO. The summed E-state index contributed by atoms with van der Waals surface area (Å²) in [6, 6.07) is 2.38. The van der Waals surface area contributed by atoms with Crippen LogP contribution in [-0.4, -0.2) is 29.3 Å². The third-order valence-corrected chi connectivity index (χ3v) is 4.34. The van der Waals surface area contributed by atoms with Crippen molar-refractivity contribution in [1.82, 2.24) is 4.90 Å². The van der Waals surface area contributed by atoms with Gasteiger partial charge in [0.1, 0.15) is 5.82 Å². The van der Waals surface area contributed by atoms with Crippen molar-refractivity contribution in [2.45, 2.75) is 32.2 Å². The van der Waals surface area contributed by atoms with Gasteiger partial charge in [0, 0.05) is 0 Å². The quantitative estimate of drug-likeness (QED) is 0.620. The molecule has 0 atom stereocenters. The Morgan fingerprint density at radius 3 is 2.42 bits per heavy atom. The van der Waals surface area contributed by atoms with E-state index in [1.54, 1.807) is 13.8 Å². The number of Topliss-reactive ketones (excluding diaryl/α,β-unsaturated/α-hetero) is 1. The summed E-state index contributed by atoms with van der Waals surface area (Å²) >= 11 is 2.99. The normalized spacial score (nSPS) is 16.9. The smallest absolute Gasteiger partial charge is 0.188 e. The molecule has 0 unspecified atom stereocenters. The Labute approximate surface area is 119 Å². The van der Waals surface area contributed by atoms with Crippen molar-refractivity contribution in [3.63, 3.8) is 0 Å². The van der Waals surface area contributed by atoms with Crippen molar-refractivity contribution in [1.29, 1.82) is 0 Å². The molecule has 1 aromatic carbocycles. The van der Waals surface area contributed by atoms with E-state index >= 15 is 0 Å². The molecule has 0 amide bonds. The summed E-state index contributed by atoms with van der Waals surface area (Å²) in [5.74, 6) is -2.14. The van der Waals surface area contributed by atoms with Crippen LogP contribution in [0.3, 0.4) is 0 Å². The predicted octanol–water partition coefficient (Wildman–Crippen LogP) is 3.78. The van der Waals surface area contributed by atoms with Gasteiger partial charge < -0.3 is 0 Å². The molecule has 0 bridgehead atoms. The molecule has 0 spiro atoms. The first kappa shape index (κ1) is 14.6. The largest absolute Gasteiger partial charge is 0.292 e. The van der Waals surface area contributed by atoms with E-state index in [-0.39, 0.29) is 4.47 Å². The lowest BCUT2D eigenvalue weighted by Gasteiger charge is -2.34. The molecule has 5 heteroatoms. The molecule has 1 aliphatic rings. The van der Waals surface area contributed by atoms with Crippen molar-refractivity contribution in [3.8, 4) is 0 Å². The van der Waals surface area contributed by atoms with Gasteiger partial charge in [0.15, 0.2) is 11.6 Å². The highest BCUT2D eigenvalue weighted by molar-refractivity contribution is 9.10. The predicted molar refractivity (Wildman–Crippen MR) is 73.3 cm³/mol. The van der Waals surface area contributed by atoms with E-state index in [1.165, 1.54) is 6.07 Å². The minimum Gasteiger partial charge on any atom is -0.292 e. The summed E-state index contributed by atoms with van der Waals surface area (Å²) in [6.07, 6.45) is 2.03. The van der Waals surface area contributed by atoms with Crippen molar-refractivity contribution in [2.24, 2.45) is 0 Å². The van der Waals surface area contributed by atoms with Gasteiger partial charge in [0.05, 0.1) is 15.6 Å². The summed E-state index contributed by atoms with van der Waals surface area (Å²) in [6.45, 7) is 5.02. The van der Waals surface area contributed by atoms with Gasteiger partial charge in [-0.05, 0) is 67.8 Å². The third-order valence-electron chi connectivity index (χ3n) is 3.72. The minimum atomic E-state index is -0.890. The van der Waals surface area contributed by atoms with Crippen LogP contribution in [0.4, 0.5) is 8.78 Å². The summed E-state index contributed by atoms with van der Waals surface area (Å²) in [4.78, 5) is 14.5. The van der Waals surface area contributed by atoms with E-state index in [1.807, 2.05) is 4.90 Å². The Bertz CT molecular complexity index is 510. The Morgan fingerprint density at radius 2 is 1.84 bits per heavy atom. The van der Waals surface area contributed by atoms with Gasteiger partial charge in [-0.2, -0.15) is 0 Å². The van der Waals surface area contributed by atoms with Crippen LogP contribution in [-0.2, 0) is 0 Å². The number of carbonyl (C=O) groups is 1. The zero-order valence-electron chi connectivity index (χ0n) is 11.0. The molecule has 1 saturated heterocycles. The second kappa shape index (κ2) is 5.29. The van der Waals surface area contributed by atoms with Gasteiger partial charge in [-0.3, -0.25) is 9.69 Å². The van der Waals surface area contributed by atoms with Crippen molar-refractivity contribution < 1.29 is 13.6 Å². The first-order chi connectivity index (χ1) is 8.85. The Balaban J connectivity index is 2.41. The van der Waals surface area contributed by atoms with Crippen LogP contribution in [0.25, 0.3) is 0 Å². The van der Waals surface area contributed by atoms with Crippen LogP contribution >= 0.6 is 15.9 Å². The molecular weight excluding hydrogens is 316 g/mol. The monoisotopic (exact) mass is 331 g/mol. The number of halogens is 3. The molecule has 1 aliphatic heterocycles. The maximum atomic E-state index is 14.0. The van der Waals surface area contributed by atoms with E-state index < -0.39 is 28.5 Å². The Kier molecular flexibility index (Phi) is 4.06. The maximum absolute atomic E-state index is 14.0. The highest BCUT2D eigenvalue weighted by atomic mass is 79.9. The second-order valence-corrected chi connectivity index (χ2v) is 6.15. The van der Waals surface area contributed by atoms with Crippen molar-refractivity contribution in [3.05, 3.63) is 33.8 Å². The molecule has 1 fully saturated rings. The molecule has 1 heterocycles. The van der Waals surface area contributed by atoms with E-state index in [9.17, 15) is 13.6 Å². The van der Waals surface area contributed by atoms with Crippen LogP contribution in [0.5, 0.6) is 0 Å². The van der Waals surface area contributed by atoms with E-state index in [4.69, 9.17) is 0 Å². The molecule has 0 saturated carbocycles. The van der Waals surface area contributed by atoms with Crippen molar-refractivity contribution >= 4 is 21.7 Å². The first-order valence-corrected chi connectivity index (χ1v) is 7.08. The van der Waals surface area contributed by atoms with E-state index in [0.29, 0.717) is 0 Å². The number of carbonyl (C=O) groups excluding carboxylic acids is 1. The number of hydrogen-bond donors (Lipinski definition) is 0. The fourth-order valence-electron chi connectivity index (χ4n) is 2.46. The standard InChI is InChI=1S/C14H16BrF2NO/c1-14(2,18-7-3-4-8-18)13(19)11-10(16)6-5-9(15)12(11)17/h5-6H,3-4,7-8H2,1-2H3. The Morgan fingerprint density at radius 1 is 1.26 bits per heavy atom. The third kappa shape index (κ3) is 2.58. The molecule has 2 rings (SSSR count). The van der Waals surface area contributed by atoms with Gasteiger partial charge in [0.2, 0.25) is 0 Å². The average molecular weight is 332 g/mol. The van der Waals surface area contributed by atoms with Gasteiger partial charge in [-0.25, -0.2) is 8.78 Å². The first-order valence-electron chi connectivity index (χ1n) is 6.29. The number of benzene rings is 1. The topological polar surface area (TPSA) is 20.3 Å². The zero-order chi connectivity index (χ0) is 14.2. The molecule has 0 aromatic heterocycles. The second-order valence-electron chi connectivity index (χ2n) is 5.30. The van der Waals surface area contributed by atoms with Crippen LogP contribution in [0.2, 0.25) is 0 Å². The molecule has 1 aromatic rings. The molecule has 19 heavy (non-hydrogen) atoms. The lowest BCUT2D eigenvalue weighted by atomic mass is 9.91. The lowest BCUT2D eigenvalue weighted by molar-refractivity contribution is 0.0693. The van der Waals surface area contributed by atoms with E-state index in [2.05, 4.69) is 15.9 Å². The Hall–Kier alpha value is -0.810. The number of ketones is 1. The van der Waals surface area contributed by atoms with Gasteiger partial charge in [-0.15, -0.1) is 0 Å². The van der Waals surface area contributed by atoms with Crippen LogP contribution in [0, 0.1) is 11.6 Å². The van der Waals surface area contributed by atoms with Crippen molar-refractivity contribution in [2.75, 3.05) is 13.1 Å². The van der Waals surface area contributed by atoms with Gasteiger partial charge >= 0.3 is 0 Å². The number of nitrogens with zero attached hydrogens (tertiary/aromatic N) is 1. The molecule has 0 radical (unpaired) electrons. The SMILES string of the molecule is CC(C)(C(=O)c1c(F)ccc(Br)c1F)N1CCCC1. The fraction of sp³-hybridized carbons (Fsp3) is 0.500. The summed E-state index contributed by atoms with van der Waals surface area (Å²) in [5.41, 5.74) is -1.34. The molecule has 0 N–H and O–H groups in total. The van der Waals surface area contributed by atoms with Crippen LogP contribution < -0.4 is 0 Å². The average Bonchev–Trinajstić information content (AvgIpc) is 2.88. The summed E-state index contributed by atoms with van der Waals surface area (Å²) < 4.78 is 27.9. The number of hydrogen-bond acceptors (Lipinski definition) is 2. The molecule has 0 aliphatic carbocycles.